The largest absolute Gasteiger partial charge is 0.374 e. The van der Waals surface area contributed by atoms with Gasteiger partial charge in [-0.15, -0.1) is 0 Å². The van der Waals surface area contributed by atoms with Crippen LogP contribution < -0.4 is 5.73 Å². The number of nitrogens with two attached hydrogens (primary N) is 1. The molecule has 5 rings (SSSR count). The molecule has 2 unspecified atom stereocenters. The Morgan fingerprint density at radius 2 is 1.75 bits per heavy atom. The second-order valence-corrected chi connectivity index (χ2v) is 8.42. The normalized spacial score (nSPS) is 49.5. The van der Waals surface area contributed by atoms with Crippen molar-refractivity contribution in [1.29, 1.82) is 0 Å². The van der Waals surface area contributed by atoms with E-state index in [1.54, 1.807) is 19.3 Å². The van der Waals surface area contributed by atoms with Crippen molar-refractivity contribution in [3.63, 3.8) is 0 Å². The van der Waals surface area contributed by atoms with Gasteiger partial charge in [0.1, 0.15) is 0 Å². The van der Waals surface area contributed by atoms with Gasteiger partial charge < -0.3 is 10.5 Å². The first-order valence-electron chi connectivity index (χ1n) is 8.71. The van der Waals surface area contributed by atoms with Gasteiger partial charge in [-0.1, -0.05) is 0 Å². The zero-order chi connectivity index (χ0) is 13.7. The van der Waals surface area contributed by atoms with Gasteiger partial charge >= 0.3 is 0 Å². The summed E-state index contributed by atoms with van der Waals surface area (Å²) in [5.41, 5.74) is 6.70. The van der Waals surface area contributed by atoms with Crippen LogP contribution in [0.3, 0.4) is 0 Å². The molecule has 5 aliphatic rings. The van der Waals surface area contributed by atoms with Crippen molar-refractivity contribution in [3.05, 3.63) is 0 Å². The number of hydrogen-bond acceptors (Lipinski definition) is 3. The topological polar surface area (TPSA) is 38.5 Å². The number of morpholine rings is 1. The lowest BCUT2D eigenvalue weighted by Crippen LogP contribution is -2.56. The first kappa shape index (κ1) is 13.5. The highest BCUT2D eigenvalue weighted by molar-refractivity contribution is 5.02. The SMILES string of the molecule is CC(N)C1CN(CC23CC4CC(CC(C4)C2)C3)CCO1. The Labute approximate surface area is 123 Å². The van der Waals surface area contributed by atoms with E-state index in [4.69, 9.17) is 10.5 Å². The maximum atomic E-state index is 6.04. The summed E-state index contributed by atoms with van der Waals surface area (Å²) in [6.07, 6.45) is 9.43. The van der Waals surface area contributed by atoms with E-state index in [1.165, 1.54) is 25.8 Å². The molecule has 4 aliphatic carbocycles. The molecule has 0 spiro atoms. The van der Waals surface area contributed by atoms with Crippen molar-refractivity contribution < 1.29 is 4.74 Å². The monoisotopic (exact) mass is 278 g/mol. The summed E-state index contributed by atoms with van der Waals surface area (Å²) in [5, 5.41) is 0. The average Bonchev–Trinajstić information content (AvgIpc) is 2.36. The van der Waals surface area contributed by atoms with Crippen LogP contribution in [0.1, 0.15) is 45.4 Å². The minimum atomic E-state index is 0.161. The van der Waals surface area contributed by atoms with Gasteiger partial charge in [-0.3, -0.25) is 4.90 Å². The number of rotatable bonds is 3. The fourth-order valence-corrected chi connectivity index (χ4v) is 6.15. The molecule has 1 heterocycles. The van der Waals surface area contributed by atoms with Crippen molar-refractivity contribution in [1.82, 2.24) is 4.90 Å². The highest BCUT2D eigenvalue weighted by Gasteiger charge is 2.51. The molecule has 0 aromatic heterocycles. The summed E-state index contributed by atoms with van der Waals surface area (Å²) < 4.78 is 5.82. The van der Waals surface area contributed by atoms with E-state index in [0.717, 1.165) is 37.5 Å². The van der Waals surface area contributed by atoms with Crippen LogP contribution in [0.2, 0.25) is 0 Å². The average molecular weight is 278 g/mol. The number of nitrogens with zero attached hydrogens (tertiary/aromatic N) is 1. The molecule has 5 fully saturated rings. The van der Waals surface area contributed by atoms with Crippen molar-refractivity contribution in [2.75, 3.05) is 26.2 Å². The molecule has 2 atom stereocenters. The van der Waals surface area contributed by atoms with Crippen molar-refractivity contribution in [2.45, 2.75) is 57.6 Å². The van der Waals surface area contributed by atoms with Crippen molar-refractivity contribution in [3.8, 4) is 0 Å². The van der Waals surface area contributed by atoms with Gasteiger partial charge in [0.05, 0.1) is 12.7 Å². The zero-order valence-electron chi connectivity index (χ0n) is 12.9. The fraction of sp³-hybridized carbons (Fsp3) is 1.00. The predicted molar refractivity (Wildman–Crippen MR) is 80.4 cm³/mol. The molecule has 1 aliphatic heterocycles. The molecule has 0 aromatic rings. The van der Waals surface area contributed by atoms with Crippen LogP contribution in [0.15, 0.2) is 0 Å². The molecule has 0 radical (unpaired) electrons. The number of ether oxygens (including phenoxy) is 1. The summed E-state index contributed by atoms with van der Waals surface area (Å²) in [6, 6.07) is 0.161. The lowest BCUT2D eigenvalue weighted by atomic mass is 9.49. The lowest BCUT2D eigenvalue weighted by molar-refractivity contribution is -0.0964. The Balaban J connectivity index is 1.43. The van der Waals surface area contributed by atoms with Gasteiger partial charge in [-0.05, 0) is 68.6 Å². The Morgan fingerprint density at radius 1 is 1.15 bits per heavy atom. The fourth-order valence-electron chi connectivity index (χ4n) is 6.15. The summed E-state index contributed by atoms with van der Waals surface area (Å²) >= 11 is 0. The first-order chi connectivity index (χ1) is 9.62. The van der Waals surface area contributed by atoms with E-state index >= 15 is 0 Å². The minimum absolute atomic E-state index is 0.161. The molecule has 4 saturated carbocycles. The van der Waals surface area contributed by atoms with E-state index in [2.05, 4.69) is 11.8 Å². The third kappa shape index (κ3) is 2.42. The number of hydrogen-bond donors (Lipinski definition) is 1. The third-order valence-corrected chi connectivity index (χ3v) is 6.49. The van der Waals surface area contributed by atoms with Crippen LogP contribution in [0, 0.1) is 23.2 Å². The molecule has 114 valence electrons. The quantitative estimate of drug-likeness (QED) is 0.860. The van der Waals surface area contributed by atoms with E-state index in [0.29, 0.717) is 5.41 Å². The minimum Gasteiger partial charge on any atom is -0.374 e. The molecule has 4 bridgehead atoms. The van der Waals surface area contributed by atoms with Gasteiger partial charge in [-0.25, -0.2) is 0 Å². The van der Waals surface area contributed by atoms with Crippen LogP contribution in [0.5, 0.6) is 0 Å². The van der Waals surface area contributed by atoms with Crippen LogP contribution in [0.4, 0.5) is 0 Å². The van der Waals surface area contributed by atoms with E-state index in [9.17, 15) is 0 Å². The van der Waals surface area contributed by atoms with Crippen LogP contribution in [0.25, 0.3) is 0 Å². The maximum Gasteiger partial charge on any atom is 0.0850 e. The van der Waals surface area contributed by atoms with Crippen molar-refractivity contribution in [2.24, 2.45) is 28.9 Å². The first-order valence-corrected chi connectivity index (χ1v) is 8.71. The smallest absolute Gasteiger partial charge is 0.0850 e. The highest BCUT2D eigenvalue weighted by atomic mass is 16.5. The second kappa shape index (κ2) is 4.96. The molecule has 0 amide bonds. The third-order valence-electron chi connectivity index (χ3n) is 6.49. The predicted octanol–water partition coefficient (Wildman–Crippen LogP) is 2.25. The summed E-state index contributed by atoms with van der Waals surface area (Å²) in [6.45, 7) is 6.45. The van der Waals surface area contributed by atoms with Crippen LogP contribution in [-0.4, -0.2) is 43.3 Å². The standard InChI is InChI=1S/C17H30N2O/c1-12(18)16-10-19(2-3-20-16)11-17-7-13-4-14(8-17)6-15(5-13)9-17/h12-16H,2-11,18H2,1H3. The molecular weight excluding hydrogens is 248 g/mol. The van der Waals surface area contributed by atoms with Gasteiger partial charge in [-0.2, -0.15) is 0 Å². The van der Waals surface area contributed by atoms with Gasteiger partial charge in [0.25, 0.3) is 0 Å². The van der Waals surface area contributed by atoms with E-state index in [1.807, 2.05) is 0 Å². The summed E-state index contributed by atoms with van der Waals surface area (Å²) in [4.78, 5) is 2.67. The van der Waals surface area contributed by atoms with Gasteiger partial charge in [0, 0.05) is 25.7 Å². The Hall–Kier alpha value is -0.120. The summed E-state index contributed by atoms with van der Waals surface area (Å²) in [7, 11) is 0. The molecule has 0 aromatic carbocycles. The molecule has 1 saturated heterocycles. The maximum absolute atomic E-state index is 6.04. The van der Waals surface area contributed by atoms with Crippen LogP contribution in [-0.2, 0) is 4.74 Å². The Kier molecular flexibility index (Phi) is 3.36. The van der Waals surface area contributed by atoms with E-state index in [-0.39, 0.29) is 12.1 Å². The van der Waals surface area contributed by atoms with Gasteiger partial charge in [0.15, 0.2) is 0 Å². The molecule has 3 nitrogen and oxygen atoms in total. The van der Waals surface area contributed by atoms with E-state index < -0.39 is 0 Å². The lowest BCUT2D eigenvalue weighted by Gasteiger charge is -2.58. The molecular formula is C17H30N2O. The van der Waals surface area contributed by atoms with Crippen molar-refractivity contribution >= 4 is 0 Å². The Morgan fingerprint density at radius 3 is 2.30 bits per heavy atom. The molecule has 3 heteroatoms. The molecule has 2 N–H and O–H groups in total. The highest BCUT2D eigenvalue weighted by Crippen LogP contribution is 2.60. The molecule has 20 heavy (non-hydrogen) atoms. The Bertz CT molecular complexity index is 333. The van der Waals surface area contributed by atoms with Gasteiger partial charge in [0.2, 0.25) is 0 Å². The zero-order valence-corrected chi connectivity index (χ0v) is 12.9. The second-order valence-electron chi connectivity index (χ2n) is 8.42. The summed E-state index contributed by atoms with van der Waals surface area (Å²) in [5.74, 6) is 3.18. The van der Waals surface area contributed by atoms with Crippen LogP contribution >= 0.6 is 0 Å².